The zero-order valence-electron chi connectivity index (χ0n) is 9.41. The molecule has 1 atom stereocenters. The van der Waals surface area contributed by atoms with Gasteiger partial charge < -0.3 is 5.73 Å². The molecule has 5 heteroatoms. The van der Waals surface area contributed by atoms with Crippen LogP contribution in [0.25, 0.3) is 0 Å². The van der Waals surface area contributed by atoms with Crippen molar-refractivity contribution in [1.82, 2.24) is 4.98 Å². The maximum Gasteiger partial charge on any atom is 0.141 e. The van der Waals surface area contributed by atoms with Crippen molar-refractivity contribution in [2.75, 3.05) is 0 Å². The molecule has 0 fully saturated rings. The molecule has 1 unspecified atom stereocenters. The van der Waals surface area contributed by atoms with Crippen molar-refractivity contribution >= 4 is 23.2 Å². The van der Waals surface area contributed by atoms with Crippen LogP contribution in [0.4, 0.5) is 4.39 Å². The molecule has 1 heterocycles. The SMILES string of the molecule is NC(Cc1ccc(F)c(Cl)c1)c1ccncc1Cl. The highest BCUT2D eigenvalue weighted by Gasteiger charge is 2.11. The summed E-state index contributed by atoms with van der Waals surface area (Å²) in [6, 6.07) is 6.07. The molecule has 94 valence electrons. The minimum atomic E-state index is -0.434. The van der Waals surface area contributed by atoms with Crippen LogP contribution in [-0.4, -0.2) is 4.98 Å². The third-order valence-corrected chi connectivity index (χ3v) is 3.25. The van der Waals surface area contributed by atoms with Crippen molar-refractivity contribution in [3.8, 4) is 0 Å². The van der Waals surface area contributed by atoms with E-state index in [1.807, 2.05) is 0 Å². The average molecular weight is 285 g/mol. The third-order valence-electron chi connectivity index (χ3n) is 2.64. The van der Waals surface area contributed by atoms with Crippen molar-refractivity contribution < 1.29 is 4.39 Å². The summed E-state index contributed by atoms with van der Waals surface area (Å²) in [6.45, 7) is 0. The van der Waals surface area contributed by atoms with E-state index in [2.05, 4.69) is 4.98 Å². The Morgan fingerprint density at radius 1 is 1.22 bits per heavy atom. The Balaban J connectivity index is 2.19. The fraction of sp³-hybridized carbons (Fsp3) is 0.154. The third kappa shape index (κ3) is 2.99. The van der Waals surface area contributed by atoms with Gasteiger partial charge in [0.25, 0.3) is 0 Å². The number of rotatable bonds is 3. The van der Waals surface area contributed by atoms with Crippen LogP contribution in [0.2, 0.25) is 10.0 Å². The van der Waals surface area contributed by atoms with Crippen molar-refractivity contribution in [3.63, 3.8) is 0 Å². The number of nitrogens with zero attached hydrogens (tertiary/aromatic N) is 1. The lowest BCUT2D eigenvalue weighted by atomic mass is 10.0. The molecule has 1 aromatic heterocycles. The molecule has 0 amide bonds. The van der Waals surface area contributed by atoms with E-state index in [1.54, 1.807) is 30.6 Å². The van der Waals surface area contributed by atoms with Gasteiger partial charge in [-0.05, 0) is 35.7 Å². The fourth-order valence-electron chi connectivity index (χ4n) is 1.72. The van der Waals surface area contributed by atoms with Gasteiger partial charge in [0.15, 0.2) is 0 Å². The van der Waals surface area contributed by atoms with Gasteiger partial charge in [-0.15, -0.1) is 0 Å². The summed E-state index contributed by atoms with van der Waals surface area (Å²) in [5.41, 5.74) is 7.74. The Kier molecular flexibility index (Phi) is 4.17. The number of hydrogen-bond donors (Lipinski definition) is 1. The second-order valence-electron chi connectivity index (χ2n) is 3.96. The Labute approximate surface area is 115 Å². The van der Waals surface area contributed by atoms with Gasteiger partial charge in [0.1, 0.15) is 5.82 Å². The van der Waals surface area contributed by atoms with E-state index in [-0.39, 0.29) is 11.1 Å². The van der Waals surface area contributed by atoms with Crippen LogP contribution >= 0.6 is 23.2 Å². The molecular weight excluding hydrogens is 274 g/mol. The van der Waals surface area contributed by atoms with Gasteiger partial charge in [-0.1, -0.05) is 29.3 Å². The van der Waals surface area contributed by atoms with Crippen molar-refractivity contribution in [2.24, 2.45) is 5.73 Å². The normalized spacial score (nSPS) is 12.4. The molecule has 0 bridgehead atoms. The molecule has 0 saturated carbocycles. The maximum atomic E-state index is 13.0. The quantitative estimate of drug-likeness (QED) is 0.932. The second-order valence-corrected chi connectivity index (χ2v) is 4.77. The van der Waals surface area contributed by atoms with Gasteiger partial charge in [0.2, 0.25) is 0 Å². The molecule has 1 aromatic carbocycles. The summed E-state index contributed by atoms with van der Waals surface area (Å²) in [6.07, 6.45) is 3.72. The van der Waals surface area contributed by atoms with E-state index >= 15 is 0 Å². The Hall–Kier alpha value is -1.16. The number of halogens is 3. The van der Waals surface area contributed by atoms with Gasteiger partial charge in [-0.2, -0.15) is 0 Å². The zero-order valence-corrected chi connectivity index (χ0v) is 10.9. The topological polar surface area (TPSA) is 38.9 Å². The fourth-order valence-corrected chi connectivity index (χ4v) is 2.18. The van der Waals surface area contributed by atoms with Crippen LogP contribution in [0.15, 0.2) is 36.7 Å². The summed E-state index contributed by atoms with van der Waals surface area (Å²) in [4.78, 5) is 3.90. The number of nitrogens with two attached hydrogens (primary N) is 1. The zero-order chi connectivity index (χ0) is 13.1. The van der Waals surface area contributed by atoms with E-state index in [4.69, 9.17) is 28.9 Å². The Bertz CT molecular complexity index is 560. The molecule has 0 aliphatic heterocycles. The van der Waals surface area contributed by atoms with E-state index in [0.29, 0.717) is 11.4 Å². The first kappa shape index (κ1) is 13.3. The predicted octanol–water partition coefficient (Wildman–Crippen LogP) is 3.77. The minimum absolute atomic E-state index is 0.0977. The molecule has 0 aliphatic carbocycles. The summed E-state index contributed by atoms with van der Waals surface area (Å²) in [7, 11) is 0. The van der Waals surface area contributed by atoms with Crippen LogP contribution < -0.4 is 5.73 Å². The molecule has 2 aromatic rings. The lowest BCUT2D eigenvalue weighted by Crippen LogP contribution is -2.14. The first-order chi connectivity index (χ1) is 8.58. The minimum Gasteiger partial charge on any atom is -0.324 e. The number of aromatic nitrogens is 1. The average Bonchev–Trinajstić information content (AvgIpc) is 2.34. The molecule has 0 saturated heterocycles. The summed E-state index contributed by atoms with van der Waals surface area (Å²) < 4.78 is 13.0. The first-order valence-corrected chi connectivity index (χ1v) is 6.12. The highest BCUT2D eigenvalue weighted by molar-refractivity contribution is 6.31. The molecule has 18 heavy (non-hydrogen) atoms. The number of benzene rings is 1. The van der Waals surface area contributed by atoms with Crippen LogP contribution in [0.5, 0.6) is 0 Å². The molecule has 2 nitrogen and oxygen atoms in total. The van der Waals surface area contributed by atoms with Crippen molar-refractivity contribution in [2.45, 2.75) is 12.5 Å². The van der Waals surface area contributed by atoms with Gasteiger partial charge in [-0.3, -0.25) is 4.98 Å². The predicted molar refractivity (Wildman–Crippen MR) is 71.3 cm³/mol. The Morgan fingerprint density at radius 3 is 2.67 bits per heavy atom. The smallest absolute Gasteiger partial charge is 0.141 e. The van der Waals surface area contributed by atoms with Crippen LogP contribution in [0, 0.1) is 5.82 Å². The summed E-state index contributed by atoms with van der Waals surface area (Å²) >= 11 is 11.7. The van der Waals surface area contributed by atoms with Gasteiger partial charge >= 0.3 is 0 Å². The van der Waals surface area contributed by atoms with Crippen molar-refractivity contribution in [1.29, 1.82) is 0 Å². The van der Waals surface area contributed by atoms with E-state index in [9.17, 15) is 4.39 Å². The van der Waals surface area contributed by atoms with Crippen LogP contribution in [0.3, 0.4) is 0 Å². The van der Waals surface area contributed by atoms with Crippen LogP contribution in [0.1, 0.15) is 17.2 Å². The van der Waals surface area contributed by atoms with E-state index in [1.165, 1.54) is 6.07 Å². The molecule has 0 spiro atoms. The maximum absolute atomic E-state index is 13.0. The van der Waals surface area contributed by atoms with E-state index < -0.39 is 5.82 Å². The first-order valence-electron chi connectivity index (χ1n) is 5.37. The van der Waals surface area contributed by atoms with E-state index in [0.717, 1.165) is 11.1 Å². The second kappa shape index (κ2) is 5.65. The largest absolute Gasteiger partial charge is 0.324 e. The molecule has 2 N–H and O–H groups in total. The number of pyridine rings is 1. The Morgan fingerprint density at radius 2 is 2.00 bits per heavy atom. The van der Waals surface area contributed by atoms with Crippen molar-refractivity contribution in [3.05, 3.63) is 63.6 Å². The summed E-state index contributed by atoms with van der Waals surface area (Å²) in [5.74, 6) is -0.434. The molecule has 2 rings (SSSR count). The highest BCUT2D eigenvalue weighted by atomic mass is 35.5. The van der Waals surface area contributed by atoms with Gasteiger partial charge in [0.05, 0.1) is 10.0 Å². The lowest BCUT2D eigenvalue weighted by Gasteiger charge is -2.13. The van der Waals surface area contributed by atoms with Crippen LogP contribution in [-0.2, 0) is 6.42 Å². The lowest BCUT2D eigenvalue weighted by molar-refractivity contribution is 0.626. The monoisotopic (exact) mass is 284 g/mol. The molecule has 0 aliphatic rings. The molecular formula is C13H11Cl2FN2. The number of hydrogen-bond acceptors (Lipinski definition) is 2. The van der Waals surface area contributed by atoms with Gasteiger partial charge in [0, 0.05) is 18.4 Å². The van der Waals surface area contributed by atoms with Gasteiger partial charge in [-0.25, -0.2) is 4.39 Å². The molecule has 0 radical (unpaired) electrons. The summed E-state index contributed by atoms with van der Waals surface area (Å²) in [5, 5.41) is 0.624. The highest BCUT2D eigenvalue weighted by Crippen LogP contribution is 2.24. The standard InChI is InChI=1S/C13H11Cl2FN2/c14-10-5-8(1-2-12(10)16)6-13(17)9-3-4-18-7-11(9)15/h1-5,7,13H,6,17H2.